The average molecular weight is 181 g/mol. The van der Waals surface area contributed by atoms with Crippen molar-refractivity contribution in [2.75, 3.05) is 0 Å². The third-order valence-corrected chi connectivity index (χ3v) is 3.86. The molecule has 0 aliphatic heterocycles. The minimum absolute atomic E-state index is 0.529. The lowest BCUT2D eigenvalue weighted by Crippen LogP contribution is -2.31. The van der Waals surface area contributed by atoms with Crippen molar-refractivity contribution >= 4 is 0 Å². The molecule has 0 spiro atoms. The van der Waals surface area contributed by atoms with Gasteiger partial charge in [-0.3, -0.25) is 0 Å². The summed E-state index contributed by atoms with van der Waals surface area (Å²) < 4.78 is 0. The number of nitrogens with two attached hydrogens (primary N) is 1. The second kappa shape index (κ2) is 4.45. The summed E-state index contributed by atoms with van der Waals surface area (Å²) >= 11 is 0. The molecule has 76 valence electrons. The fraction of sp³-hybridized carbons (Fsp3) is 1.00. The first kappa shape index (κ1) is 9.51. The Labute approximate surface area is 82.1 Å². The van der Waals surface area contributed by atoms with Crippen LogP contribution in [0.4, 0.5) is 0 Å². The maximum Gasteiger partial charge on any atom is 0.00672 e. The summed E-state index contributed by atoms with van der Waals surface area (Å²) in [6.07, 6.45) is 12.8. The summed E-state index contributed by atoms with van der Waals surface area (Å²) in [7, 11) is 0. The quantitative estimate of drug-likeness (QED) is 0.708. The summed E-state index contributed by atoms with van der Waals surface area (Å²) in [6.45, 7) is 0. The molecule has 1 atom stereocenters. The van der Waals surface area contributed by atoms with Crippen LogP contribution in [0, 0.1) is 11.8 Å². The third kappa shape index (κ3) is 2.98. The number of hydrogen-bond acceptors (Lipinski definition) is 1. The molecule has 2 aliphatic carbocycles. The van der Waals surface area contributed by atoms with Crippen molar-refractivity contribution in [1.29, 1.82) is 0 Å². The highest BCUT2D eigenvalue weighted by Gasteiger charge is 2.25. The van der Waals surface area contributed by atoms with Crippen molar-refractivity contribution in [3.63, 3.8) is 0 Å². The molecule has 0 radical (unpaired) electrons. The summed E-state index contributed by atoms with van der Waals surface area (Å²) in [4.78, 5) is 0. The van der Waals surface area contributed by atoms with E-state index < -0.39 is 0 Å². The molecule has 0 bridgehead atoms. The molecule has 0 aromatic heterocycles. The molecule has 1 heteroatoms. The molecule has 1 unspecified atom stereocenters. The summed E-state index contributed by atoms with van der Waals surface area (Å²) in [5.74, 6) is 1.93. The van der Waals surface area contributed by atoms with Gasteiger partial charge in [-0.2, -0.15) is 0 Å². The second-order valence-corrected chi connectivity index (χ2v) is 5.08. The lowest BCUT2D eigenvalue weighted by Gasteiger charge is -2.27. The predicted molar refractivity (Wildman–Crippen MR) is 56.5 cm³/mol. The van der Waals surface area contributed by atoms with E-state index in [4.69, 9.17) is 5.73 Å². The largest absolute Gasteiger partial charge is 0.327 e. The molecule has 2 rings (SSSR count). The van der Waals surface area contributed by atoms with Crippen LogP contribution in [0.2, 0.25) is 0 Å². The van der Waals surface area contributed by atoms with E-state index in [0.29, 0.717) is 6.04 Å². The van der Waals surface area contributed by atoms with Gasteiger partial charge in [0.05, 0.1) is 0 Å². The smallest absolute Gasteiger partial charge is 0.00672 e. The molecule has 0 aromatic carbocycles. The van der Waals surface area contributed by atoms with Crippen molar-refractivity contribution < 1.29 is 0 Å². The van der Waals surface area contributed by atoms with Gasteiger partial charge in [0.2, 0.25) is 0 Å². The molecule has 2 N–H and O–H groups in total. The first-order valence-electron chi connectivity index (χ1n) is 6.12. The van der Waals surface area contributed by atoms with Gasteiger partial charge in [-0.15, -0.1) is 0 Å². The minimum Gasteiger partial charge on any atom is -0.327 e. The van der Waals surface area contributed by atoms with Crippen LogP contribution < -0.4 is 5.73 Å². The topological polar surface area (TPSA) is 26.0 Å². The fourth-order valence-electron chi connectivity index (χ4n) is 2.63. The number of rotatable bonds is 4. The lowest BCUT2D eigenvalue weighted by molar-refractivity contribution is 0.289. The van der Waals surface area contributed by atoms with E-state index in [2.05, 4.69) is 0 Å². The maximum atomic E-state index is 6.22. The predicted octanol–water partition coefficient (Wildman–Crippen LogP) is 3.08. The van der Waals surface area contributed by atoms with Crippen molar-refractivity contribution in [3.8, 4) is 0 Å². The van der Waals surface area contributed by atoms with Crippen molar-refractivity contribution in [2.45, 2.75) is 63.8 Å². The molecule has 0 saturated heterocycles. The molecule has 2 aliphatic rings. The highest BCUT2D eigenvalue weighted by atomic mass is 14.6. The standard InChI is InChI=1S/C12H23N/c13-12(9-8-10-6-7-10)11-4-2-1-3-5-11/h10-12H,1-9,13H2. The van der Waals surface area contributed by atoms with Gasteiger partial charge in [0, 0.05) is 6.04 Å². The van der Waals surface area contributed by atoms with Crippen LogP contribution >= 0.6 is 0 Å². The van der Waals surface area contributed by atoms with E-state index in [1.165, 1.54) is 57.8 Å². The Balaban J connectivity index is 1.64. The zero-order valence-electron chi connectivity index (χ0n) is 8.67. The third-order valence-electron chi connectivity index (χ3n) is 3.86. The van der Waals surface area contributed by atoms with Crippen LogP contribution in [0.5, 0.6) is 0 Å². The van der Waals surface area contributed by atoms with Gasteiger partial charge in [0.25, 0.3) is 0 Å². The monoisotopic (exact) mass is 181 g/mol. The zero-order chi connectivity index (χ0) is 9.10. The van der Waals surface area contributed by atoms with Crippen LogP contribution in [0.1, 0.15) is 57.8 Å². The molecular formula is C12H23N. The van der Waals surface area contributed by atoms with Crippen molar-refractivity contribution in [2.24, 2.45) is 17.6 Å². The molecular weight excluding hydrogens is 158 g/mol. The van der Waals surface area contributed by atoms with E-state index in [9.17, 15) is 0 Å². The highest BCUT2D eigenvalue weighted by molar-refractivity contribution is 4.80. The normalized spacial score (nSPS) is 27.5. The molecule has 0 amide bonds. The Morgan fingerprint density at radius 3 is 2.31 bits per heavy atom. The Hall–Kier alpha value is -0.0400. The van der Waals surface area contributed by atoms with Gasteiger partial charge in [0.15, 0.2) is 0 Å². The SMILES string of the molecule is NC(CCC1CC1)C1CCCCC1. The van der Waals surface area contributed by atoms with E-state index >= 15 is 0 Å². The van der Waals surface area contributed by atoms with Gasteiger partial charge in [-0.1, -0.05) is 32.1 Å². The molecule has 0 heterocycles. The minimum atomic E-state index is 0.529. The van der Waals surface area contributed by atoms with E-state index in [1.807, 2.05) is 0 Å². The first-order chi connectivity index (χ1) is 6.36. The molecule has 2 saturated carbocycles. The Morgan fingerprint density at radius 2 is 1.69 bits per heavy atom. The van der Waals surface area contributed by atoms with Gasteiger partial charge < -0.3 is 5.73 Å². The summed E-state index contributed by atoms with van der Waals surface area (Å²) in [6, 6.07) is 0.529. The van der Waals surface area contributed by atoms with E-state index in [1.54, 1.807) is 0 Å². The molecule has 13 heavy (non-hydrogen) atoms. The Morgan fingerprint density at radius 1 is 1.00 bits per heavy atom. The Bertz CT molecular complexity index is 145. The second-order valence-electron chi connectivity index (χ2n) is 5.08. The first-order valence-corrected chi connectivity index (χ1v) is 6.12. The maximum absolute atomic E-state index is 6.22. The molecule has 1 nitrogen and oxygen atoms in total. The lowest BCUT2D eigenvalue weighted by atomic mass is 9.82. The van der Waals surface area contributed by atoms with E-state index in [0.717, 1.165) is 11.8 Å². The van der Waals surface area contributed by atoms with Crippen LogP contribution in [0.25, 0.3) is 0 Å². The van der Waals surface area contributed by atoms with Gasteiger partial charge >= 0.3 is 0 Å². The highest BCUT2D eigenvalue weighted by Crippen LogP contribution is 2.35. The molecule has 2 fully saturated rings. The number of hydrogen-bond donors (Lipinski definition) is 1. The van der Waals surface area contributed by atoms with Crippen LogP contribution in [0.3, 0.4) is 0 Å². The van der Waals surface area contributed by atoms with Crippen LogP contribution in [0.15, 0.2) is 0 Å². The van der Waals surface area contributed by atoms with Gasteiger partial charge in [-0.25, -0.2) is 0 Å². The van der Waals surface area contributed by atoms with Gasteiger partial charge in [0.1, 0.15) is 0 Å². The Kier molecular flexibility index (Phi) is 3.26. The summed E-state index contributed by atoms with van der Waals surface area (Å²) in [5.41, 5.74) is 6.22. The van der Waals surface area contributed by atoms with E-state index in [-0.39, 0.29) is 0 Å². The molecule has 0 aromatic rings. The van der Waals surface area contributed by atoms with Crippen LogP contribution in [-0.2, 0) is 0 Å². The average Bonchev–Trinajstić information content (AvgIpc) is 2.99. The fourth-order valence-corrected chi connectivity index (χ4v) is 2.63. The summed E-state index contributed by atoms with van der Waals surface area (Å²) in [5, 5.41) is 0. The van der Waals surface area contributed by atoms with Crippen LogP contribution in [-0.4, -0.2) is 6.04 Å². The van der Waals surface area contributed by atoms with Crippen molar-refractivity contribution in [3.05, 3.63) is 0 Å². The van der Waals surface area contributed by atoms with Gasteiger partial charge in [-0.05, 0) is 37.5 Å². The van der Waals surface area contributed by atoms with Crippen molar-refractivity contribution in [1.82, 2.24) is 0 Å². The zero-order valence-corrected chi connectivity index (χ0v) is 8.67.